The van der Waals surface area contributed by atoms with Crippen molar-refractivity contribution in [2.75, 3.05) is 19.0 Å². The standard InChI is InChI=1S/C17H19NO3/c1-3-21-16-11-7-4-8-13(16)12-18-15-10-6-5-9-14(15)17(19)20-2/h4-11,18H,3,12H2,1-2H3. The average Bonchev–Trinajstić information content (AvgIpc) is 2.54. The van der Waals surface area contributed by atoms with E-state index in [1.807, 2.05) is 49.4 Å². The zero-order valence-electron chi connectivity index (χ0n) is 12.3. The number of hydrogen-bond donors (Lipinski definition) is 1. The predicted molar refractivity (Wildman–Crippen MR) is 82.7 cm³/mol. The summed E-state index contributed by atoms with van der Waals surface area (Å²) in [6.45, 7) is 3.15. The van der Waals surface area contributed by atoms with Crippen LogP contribution in [0.2, 0.25) is 0 Å². The molecule has 4 heteroatoms. The zero-order chi connectivity index (χ0) is 15.1. The smallest absolute Gasteiger partial charge is 0.339 e. The van der Waals surface area contributed by atoms with E-state index in [1.54, 1.807) is 6.07 Å². The van der Waals surface area contributed by atoms with E-state index in [2.05, 4.69) is 5.32 Å². The number of methoxy groups -OCH3 is 1. The Kier molecular flexibility index (Phi) is 5.21. The van der Waals surface area contributed by atoms with Gasteiger partial charge in [-0.1, -0.05) is 30.3 Å². The minimum absolute atomic E-state index is 0.351. The van der Waals surface area contributed by atoms with Crippen molar-refractivity contribution in [1.82, 2.24) is 0 Å². The molecule has 0 saturated heterocycles. The Morgan fingerprint density at radius 2 is 1.81 bits per heavy atom. The third-order valence-electron chi connectivity index (χ3n) is 3.07. The summed E-state index contributed by atoms with van der Waals surface area (Å²) in [5, 5.41) is 3.26. The van der Waals surface area contributed by atoms with Gasteiger partial charge in [-0.25, -0.2) is 4.79 Å². The Balaban J connectivity index is 2.15. The molecule has 0 unspecified atom stereocenters. The molecule has 110 valence electrons. The average molecular weight is 285 g/mol. The van der Waals surface area contributed by atoms with E-state index in [1.165, 1.54) is 7.11 Å². The highest BCUT2D eigenvalue weighted by Crippen LogP contribution is 2.21. The summed E-state index contributed by atoms with van der Waals surface area (Å²) in [6.07, 6.45) is 0. The van der Waals surface area contributed by atoms with Gasteiger partial charge in [0.25, 0.3) is 0 Å². The molecule has 0 bridgehead atoms. The molecule has 0 aliphatic carbocycles. The minimum atomic E-state index is -0.351. The first-order valence-electron chi connectivity index (χ1n) is 6.88. The lowest BCUT2D eigenvalue weighted by molar-refractivity contribution is 0.0602. The summed E-state index contributed by atoms with van der Waals surface area (Å²) in [7, 11) is 1.38. The molecular weight excluding hydrogens is 266 g/mol. The van der Waals surface area contributed by atoms with Crippen LogP contribution in [0.3, 0.4) is 0 Å². The fourth-order valence-electron chi connectivity index (χ4n) is 2.06. The highest BCUT2D eigenvalue weighted by molar-refractivity contribution is 5.95. The van der Waals surface area contributed by atoms with Crippen LogP contribution in [-0.4, -0.2) is 19.7 Å². The molecule has 21 heavy (non-hydrogen) atoms. The van der Waals surface area contributed by atoms with Gasteiger partial charge >= 0.3 is 5.97 Å². The van der Waals surface area contributed by atoms with Crippen LogP contribution in [0.1, 0.15) is 22.8 Å². The van der Waals surface area contributed by atoms with Gasteiger partial charge in [0.2, 0.25) is 0 Å². The first kappa shape index (κ1) is 14.9. The lowest BCUT2D eigenvalue weighted by atomic mass is 10.1. The summed E-state index contributed by atoms with van der Waals surface area (Å²) in [5.41, 5.74) is 2.31. The van der Waals surface area contributed by atoms with Crippen molar-refractivity contribution in [3.8, 4) is 5.75 Å². The van der Waals surface area contributed by atoms with Crippen LogP contribution >= 0.6 is 0 Å². The van der Waals surface area contributed by atoms with Crippen LogP contribution < -0.4 is 10.1 Å². The molecule has 0 fully saturated rings. The van der Waals surface area contributed by atoms with E-state index in [9.17, 15) is 4.79 Å². The second-order valence-corrected chi connectivity index (χ2v) is 4.43. The monoisotopic (exact) mass is 285 g/mol. The predicted octanol–water partition coefficient (Wildman–Crippen LogP) is 3.48. The Hall–Kier alpha value is -2.49. The van der Waals surface area contributed by atoms with Crippen LogP contribution in [0.5, 0.6) is 5.75 Å². The van der Waals surface area contributed by atoms with Crippen molar-refractivity contribution in [2.24, 2.45) is 0 Å². The zero-order valence-corrected chi connectivity index (χ0v) is 12.3. The SMILES string of the molecule is CCOc1ccccc1CNc1ccccc1C(=O)OC. The molecule has 0 heterocycles. The van der Waals surface area contributed by atoms with Gasteiger partial charge in [-0.15, -0.1) is 0 Å². The van der Waals surface area contributed by atoms with Crippen LogP contribution in [0.25, 0.3) is 0 Å². The molecule has 0 aromatic heterocycles. The van der Waals surface area contributed by atoms with Gasteiger partial charge in [0, 0.05) is 17.8 Å². The molecule has 2 rings (SSSR count). The topological polar surface area (TPSA) is 47.6 Å². The first-order valence-corrected chi connectivity index (χ1v) is 6.88. The number of hydrogen-bond acceptors (Lipinski definition) is 4. The molecule has 0 spiro atoms. The maximum absolute atomic E-state index is 11.7. The van der Waals surface area contributed by atoms with E-state index < -0.39 is 0 Å². The third kappa shape index (κ3) is 3.75. The molecular formula is C17H19NO3. The second kappa shape index (κ2) is 7.33. The summed E-state index contributed by atoms with van der Waals surface area (Å²) < 4.78 is 10.4. The number of rotatable bonds is 6. The van der Waals surface area contributed by atoms with Gasteiger partial charge in [-0.2, -0.15) is 0 Å². The molecule has 0 radical (unpaired) electrons. The Bertz CT molecular complexity index is 610. The van der Waals surface area contributed by atoms with Crippen molar-refractivity contribution < 1.29 is 14.3 Å². The molecule has 0 aliphatic heterocycles. The normalized spacial score (nSPS) is 10.0. The number of nitrogens with one attached hydrogen (secondary N) is 1. The number of para-hydroxylation sites is 2. The summed E-state index contributed by atoms with van der Waals surface area (Å²) in [4.78, 5) is 11.7. The number of anilines is 1. The van der Waals surface area contributed by atoms with Crippen LogP contribution in [0.15, 0.2) is 48.5 Å². The lowest BCUT2D eigenvalue weighted by Crippen LogP contribution is -2.09. The van der Waals surface area contributed by atoms with E-state index >= 15 is 0 Å². The summed E-state index contributed by atoms with van der Waals surface area (Å²) in [5.74, 6) is 0.499. The van der Waals surface area contributed by atoms with Crippen molar-refractivity contribution >= 4 is 11.7 Å². The molecule has 0 atom stereocenters. The molecule has 0 saturated carbocycles. The van der Waals surface area contributed by atoms with Crippen LogP contribution in [-0.2, 0) is 11.3 Å². The number of esters is 1. The fourth-order valence-corrected chi connectivity index (χ4v) is 2.06. The van der Waals surface area contributed by atoms with Crippen molar-refractivity contribution in [2.45, 2.75) is 13.5 Å². The third-order valence-corrected chi connectivity index (χ3v) is 3.07. The van der Waals surface area contributed by atoms with Crippen LogP contribution in [0.4, 0.5) is 5.69 Å². The van der Waals surface area contributed by atoms with Gasteiger partial charge in [-0.05, 0) is 25.1 Å². The molecule has 4 nitrogen and oxygen atoms in total. The number of benzene rings is 2. The minimum Gasteiger partial charge on any atom is -0.494 e. The molecule has 0 aliphatic rings. The summed E-state index contributed by atoms with van der Waals surface area (Å²) >= 11 is 0. The van der Waals surface area contributed by atoms with E-state index in [4.69, 9.17) is 9.47 Å². The fraction of sp³-hybridized carbons (Fsp3) is 0.235. The Morgan fingerprint density at radius 3 is 2.57 bits per heavy atom. The quantitative estimate of drug-likeness (QED) is 0.825. The largest absolute Gasteiger partial charge is 0.494 e. The van der Waals surface area contributed by atoms with Gasteiger partial charge < -0.3 is 14.8 Å². The van der Waals surface area contributed by atoms with Gasteiger partial charge in [0.1, 0.15) is 5.75 Å². The number of ether oxygens (including phenoxy) is 2. The highest BCUT2D eigenvalue weighted by atomic mass is 16.5. The second-order valence-electron chi connectivity index (χ2n) is 4.43. The number of carbonyl (C=O) groups is 1. The molecule has 0 amide bonds. The van der Waals surface area contributed by atoms with Crippen molar-refractivity contribution in [1.29, 1.82) is 0 Å². The number of carbonyl (C=O) groups excluding carboxylic acids is 1. The Labute approximate surface area is 124 Å². The van der Waals surface area contributed by atoms with E-state index in [0.717, 1.165) is 17.0 Å². The maximum atomic E-state index is 11.7. The van der Waals surface area contributed by atoms with Crippen molar-refractivity contribution in [3.05, 3.63) is 59.7 Å². The lowest BCUT2D eigenvalue weighted by Gasteiger charge is -2.13. The van der Waals surface area contributed by atoms with E-state index in [-0.39, 0.29) is 5.97 Å². The van der Waals surface area contributed by atoms with E-state index in [0.29, 0.717) is 18.7 Å². The van der Waals surface area contributed by atoms with Crippen LogP contribution in [0, 0.1) is 0 Å². The molecule has 2 aromatic carbocycles. The maximum Gasteiger partial charge on any atom is 0.339 e. The highest BCUT2D eigenvalue weighted by Gasteiger charge is 2.11. The van der Waals surface area contributed by atoms with Gasteiger partial charge in [0.05, 0.1) is 19.3 Å². The Morgan fingerprint density at radius 1 is 1.10 bits per heavy atom. The van der Waals surface area contributed by atoms with Gasteiger partial charge in [-0.3, -0.25) is 0 Å². The first-order chi connectivity index (χ1) is 10.3. The summed E-state index contributed by atoms with van der Waals surface area (Å²) in [6, 6.07) is 15.1. The van der Waals surface area contributed by atoms with Gasteiger partial charge in [0.15, 0.2) is 0 Å². The molecule has 1 N–H and O–H groups in total. The molecule has 2 aromatic rings. The van der Waals surface area contributed by atoms with Crippen molar-refractivity contribution in [3.63, 3.8) is 0 Å².